The van der Waals surface area contributed by atoms with Crippen LogP contribution in [0.3, 0.4) is 0 Å². The Morgan fingerprint density at radius 1 is 1.44 bits per heavy atom. The summed E-state index contributed by atoms with van der Waals surface area (Å²) >= 11 is 0. The second-order valence-electron chi connectivity index (χ2n) is 7.15. The average Bonchev–Trinajstić information content (AvgIpc) is 2.95. The molecule has 0 aromatic carbocycles. The van der Waals surface area contributed by atoms with Crippen molar-refractivity contribution in [1.82, 2.24) is 15.2 Å². The van der Waals surface area contributed by atoms with Gasteiger partial charge in [-0.15, -0.1) is 0 Å². The second-order valence-corrected chi connectivity index (χ2v) is 7.15. The molecule has 1 atom stereocenters. The van der Waals surface area contributed by atoms with E-state index in [4.69, 9.17) is 4.74 Å². The van der Waals surface area contributed by atoms with Crippen molar-refractivity contribution in [2.24, 2.45) is 11.3 Å². The number of carbonyl (C=O) groups is 1. The van der Waals surface area contributed by atoms with Gasteiger partial charge >= 0.3 is 6.18 Å². The highest BCUT2D eigenvalue weighted by Crippen LogP contribution is 2.35. The Hall–Kier alpha value is -1.83. The molecule has 1 fully saturated rings. The van der Waals surface area contributed by atoms with E-state index in [-0.39, 0.29) is 12.5 Å². The Labute approximate surface area is 145 Å². The van der Waals surface area contributed by atoms with Crippen molar-refractivity contribution in [3.63, 3.8) is 0 Å². The third-order valence-electron chi connectivity index (χ3n) is 4.30. The molecule has 0 spiro atoms. The van der Waals surface area contributed by atoms with E-state index in [0.717, 1.165) is 25.6 Å². The number of halogens is 3. The van der Waals surface area contributed by atoms with Gasteiger partial charge in [-0.2, -0.15) is 13.2 Å². The minimum absolute atomic E-state index is 0.191. The zero-order valence-electron chi connectivity index (χ0n) is 14.7. The summed E-state index contributed by atoms with van der Waals surface area (Å²) in [5, 5.41) is 2.88. The van der Waals surface area contributed by atoms with E-state index in [1.807, 2.05) is 7.05 Å². The van der Waals surface area contributed by atoms with Crippen molar-refractivity contribution in [2.75, 3.05) is 33.3 Å². The summed E-state index contributed by atoms with van der Waals surface area (Å²) in [6, 6.07) is 2.11. The van der Waals surface area contributed by atoms with Gasteiger partial charge in [0.1, 0.15) is 12.2 Å². The maximum atomic E-state index is 12.9. The van der Waals surface area contributed by atoms with Gasteiger partial charge in [0.25, 0.3) is 0 Å². The third kappa shape index (κ3) is 5.32. The minimum atomic E-state index is -4.55. The van der Waals surface area contributed by atoms with E-state index in [0.29, 0.717) is 12.5 Å². The number of carbonyl (C=O) groups excluding carboxylic acids is 1. The number of nitrogens with zero attached hydrogens (tertiary/aromatic N) is 2. The Morgan fingerprint density at radius 3 is 2.76 bits per heavy atom. The summed E-state index contributed by atoms with van der Waals surface area (Å²) in [5.74, 6) is -0.349. The molecule has 1 saturated heterocycles. The molecule has 2 heterocycles. The van der Waals surface area contributed by atoms with Crippen molar-refractivity contribution in [3.05, 3.63) is 23.9 Å². The van der Waals surface area contributed by atoms with Gasteiger partial charge in [-0.05, 0) is 51.9 Å². The van der Waals surface area contributed by atoms with Gasteiger partial charge in [0, 0.05) is 19.3 Å². The molecule has 1 aromatic rings. The number of alkyl halides is 3. The molecule has 1 amide bonds. The number of hydrogen-bond donors (Lipinski definition) is 1. The highest BCUT2D eigenvalue weighted by atomic mass is 19.4. The lowest BCUT2D eigenvalue weighted by atomic mass is 9.93. The molecule has 8 heteroatoms. The molecule has 5 nitrogen and oxygen atoms in total. The summed E-state index contributed by atoms with van der Waals surface area (Å²) in [6.45, 7) is 5.58. The Morgan fingerprint density at radius 2 is 2.16 bits per heavy atom. The first-order chi connectivity index (χ1) is 11.6. The maximum absolute atomic E-state index is 12.9. The predicted octanol–water partition coefficient (Wildman–Crippen LogP) is 2.57. The first kappa shape index (κ1) is 19.5. The lowest BCUT2D eigenvalue weighted by Crippen LogP contribution is -2.43. The maximum Gasteiger partial charge on any atom is 0.421 e. The molecule has 0 unspecified atom stereocenters. The minimum Gasteiger partial charge on any atom is -0.476 e. The van der Waals surface area contributed by atoms with Crippen LogP contribution in [0.25, 0.3) is 0 Å². The van der Waals surface area contributed by atoms with Crippen LogP contribution < -0.4 is 10.1 Å². The fourth-order valence-electron chi connectivity index (χ4n) is 2.71. The van der Waals surface area contributed by atoms with Gasteiger partial charge in [0.2, 0.25) is 11.8 Å². The largest absolute Gasteiger partial charge is 0.476 e. The van der Waals surface area contributed by atoms with Crippen molar-refractivity contribution < 1.29 is 22.7 Å². The molecular formula is C17H24F3N3O2. The van der Waals surface area contributed by atoms with Crippen molar-refractivity contribution in [3.8, 4) is 5.88 Å². The molecule has 2 rings (SSSR count). The van der Waals surface area contributed by atoms with Gasteiger partial charge in [-0.25, -0.2) is 4.98 Å². The van der Waals surface area contributed by atoms with Gasteiger partial charge in [0.15, 0.2) is 0 Å². The fraction of sp³-hybridized carbons (Fsp3) is 0.647. The number of hydrogen-bond acceptors (Lipinski definition) is 4. The van der Waals surface area contributed by atoms with Crippen LogP contribution in [0.15, 0.2) is 18.3 Å². The number of amides is 1. The number of aromatic nitrogens is 1. The van der Waals surface area contributed by atoms with Crippen LogP contribution in [-0.4, -0.2) is 49.1 Å². The van der Waals surface area contributed by atoms with Crippen LogP contribution >= 0.6 is 0 Å². The molecule has 1 aliphatic rings. The lowest BCUT2D eigenvalue weighted by molar-refractivity contribution is -0.139. The van der Waals surface area contributed by atoms with Crippen LogP contribution in [0.1, 0.15) is 25.8 Å². The Bertz CT molecular complexity index is 605. The number of nitrogens with one attached hydrogen (secondary N) is 1. The Balaban J connectivity index is 1.91. The van der Waals surface area contributed by atoms with E-state index in [2.05, 4.69) is 15.2 Å². The molecule has 140 valence electrons. The summed E-state index contributed by atoms with van der Waals surface area (Å²) in [6.07, 6.45) is -2.30. The molecule has 1 N–H and O–H groups in total. The number of ether oxygens (including phenoxy) is 1. The van der Waals surface area contributed by atoms with Crippen LogP contribution in [0.2, 0.25) is 0 Å². The van der Waals surface area contributed by atoms with Gasteiger partial charge in [-0.1, -0.05) is 0 Å². The van der Waals surface area contributed by atoms with Crippen molar-refractivity contribution in [2.45, 2.75) is 26.4 Å². The topological polar surface area (TPSA) is 54.5 Å². The smallest absolute Gasteiger partial charge is 0.421 e. The molecule has 0 saturated carbocycles. The number of rotatable bonds is 6. The third-order valence-corrected chi connectivity index (χ3v) is 4.30. The zero-order valence-corrected chi connectivity index (χ0v) is 14.7. The average molecular weight is 359 g/mol. The van der Waals surface area contributed by atoms with E-state index in [1.165, 1.54) is 12.3 Å². The van der Waals surface area contributed by atoms with Gasteiger partial charge in [-0.3, -0.25) is 4.79 Å². The highest BCUT2D eigenvalue weighted by Gasteiger charge is 2.36. The fourth-order valence-corrected chi connectivity index (χ4v) is 2.71. The van der Waals surface area contributed by atoms with Gasteiger partial charge in [0.05, 0.1) is 5.41 Å². The Kier molecular flexibility index (Phi) is 5.92. The molecule has 0 aliphatic carbocycles. The molecule has 0 radical (unpaired) electrons. The van der Waals surface area contributed by atoms with E-state index >= 15 is 0 Å². The number of likely N-dealkylation sites (tertiary alicyclic amines) is 1. The molecule has 1 aliphatic heterocycles. The molecule has 1 aromatic heterocycles. The summed E-state index contributed by atoms with van der Waals surface area (Å²) in [4.78, 5) is 18.2. The summed E-state index contributed by atoms with van der Waals surface area (Å²) in [7, 11) is 2.03. The van der Waals surface area contributed by atoms with Crippen molar-refractivity contribution >= 4 is 5.91 Å². The molecule has 25 heavy (non-hydrogen) atoms. The summed E-state index contributed by atoms with van der Waals surface area (Å²) < 4.78 is 44.1. The SMILES string of the molecule is CN1CC[C@H](CNC(=O)C(C)(C)COc2ncccc2C(F)(F)F)C1. The van der Waals surface area contributed by atoms with Crippen LogP contribution in [0, 0.1) is 11.3 Å². The van der Waals surface area contributed by atoms with Crippen molar-refractivity contribution in [1.29, 1.82) is 0 Å². The predicted molar refractivity (Wildman–Crippen MR) is 87.1 cm³/mol. The van der Waals surface area contributed by atoms with E-state index in [1.54, 1.807) is 13.8 Å². The van der Waals surface area contributed by atoms with Gasteiger partial charge < -0.3 is 15.0 Å². The standard InChI is InChI=1S/C17H24F3N3O2/c1-16(2,15(24)22-9-12-6-8-23(3)10-12)11-25-14-13(17(18,19)20)5-4-7-21-14/h4-5,7,12H,6,8-11H2,1-3H3,(H,22,24)/t12-/m1/s1. The quantitative estimate of drug-likeness (QED) is 0.848. The molecule has 0 bridgehead atoms. The lowest BCUT2D eigenvalue weighted by Gasteiger charge is -2.25. The van der Waals surface area contributed by atoms with E-state index in [9.17, 15) is 18.0 Å². The monoisotopic (exact) mass is 359 g/mol. The first-order valence-electron chi connectivity index (χ1n) is 8.21. The summed E-state index contributed by atoms with van der Waals surface area (Å²) in [5.41, 5.74) is -1.91. The zero-order chi connectivity index (χ0) is 18.7. The van der Waals surface area contributed by atoms with Crippen LogP contribution in [-0.2, 0) is 11.0 Å². The normalized spacial score (nSPS) is 19.0. The number of pyridine rings is 1. The van der Waals surface area contributed by atoms with Crippen LogP contribution in [0.5, 0.6) is 5.88 Å². The highest BCUT2D eigenvalue weighted by molar-refractivity contribution is 5.81. The molecular weight excluding hydrogens is 335 g/mol. The first-order valence-corrected chi connectivity index (χ1v) is 8.21. The van der Waals surface area contributed by atoms with E-state index < -0.39 is 23.0 Å². The van der Waals surface area contributed by atoms with Crippen LogP contribution in [0.4, 0.5) is 13.2 Å². The second kappa shape index (κ2) is 7.59.